The van der Waals surface area contributed by atoms with Crippen molar-refractivity contribution in [2.75, 3.05) is 6.54 Å². The van der Waals surface area contributed by atoms with E-state index >= 15 is 0 Å². The van der Waals surface area contributed by atoms with Crippen molar-refractivity contribution in [1.29, 1.82) is 0 Å². The number of pyridine rings is 1. The van der Waals surface area contributed by atoms with Gasteiger partial charge in [0.15, 0.2) is 0 Å². The summed E-state index contributed by atoms with van der Waals surface area (Å²) in [5.74, 6) is 0.588. The standard InChI is InChI=1S/C10H15ClN2/c1-8(2-4-12)6-9-3-5-13-7-10(9)11/h3,5,7-8H,2,4,6,12H2,1H3. The molecule has 1 rings (SSSR count). The molecule has 0 radical (unpaired) electrons. The lowest BCUT2D eigenvalue weighted by Gasteiger charge is -2.10. The molecule has 2 nitrogen and oxygen atoms in total. The zero-order valence-electron chi connectivity index (χ0n) is 7.83. The summed E-state index contributed by atoms with van der Waals surface area (Å²) in [6, 6.07) is 1.97. The summed E-state index contributed by atoms with van der Waals surface area (Å²) >= 11 is 5.97. The first kappa shape index (κ1) is 10.5. The smallest absolute Gasteiger partial charge is 0.0621 e. The number of hydrogen-bond acceptors (Lipinski definition) is 2. The van der Waals surface area contributed by atoms with Crippen molar-refractivity contribution in [3.63, 3.8) is 0 Å². The second-order valence-corrected chi connectivity index (χ2v) is 3.76. The number of aromatic nitrogens is 1. The van der Waals surface area contributed by atoms with E-state index in [1.807, 2.05) is 6.07 Å². The highest BCUT2D eigenvalue weighted by Crippen LogP contribution is 2.18. The van der Waals surface area contributed by atoms with Crippen molar-refractivity contribution in [2.24, 2.45) is 11.7 Å². The molecule has 0 aliphatic heterocycles. The zero-order valence-corrected chi connectivity index (χ0v) is 8.59. The summed E-state index contributed by atoms with van der Waals surface area (Å²) in [4.78, 5) is 3.94. The van der Waals surface area contributed by atoms with Gasteiger partial charge in [0.2, 0.25) is 0 Å². The molecule has 0 saturated carbocycles. The summed E-state index contributed by atoms with van der Waals surface area (Å²) in [6.07, 6.45) is 5.49. The highest BCUT2D eigenvalue weighted by Gasteiger charge is 2.05. The van der Waals surface area contributed by atoms with Crippen molar-refractivity contribution in [3.8, 4) is 0 Å². The molecule has 2 N–H and O–H groups in total. The molecular formula is C10H15ClN2. The maximum atomic E-state index is 5.97. The molecule has 0 bridgehead atoms. The molecule has 0 fully saturated rings. The Bertz CT molecular complexity index is 263. The second kappa shape index (κ2) is 5.20. The molecule has 1 atom stereocenters. The number of nitrogens with two attached hydrogens (primary N) is 1. The molecule has 1 heterocycles. The van der Waals surface area contributed by atoms with Crippen LogP contribution >= 0.6 is 11.6 Å². The molecule has 0 spiro atoms. The largest absolute Gasteiger partial charge is 0.330 e. The molecule has 3 heteroatoms. The number of hydrogen-bond donors (Lipinski definition) is 1. The van der Waals surface area contributed by atoms with Crippen LogP contribution in [0.5, 0.6) is 0 Å². The predicted molar refractivity (Wildman–Crippen MR) is 55.8 cm³/mol. The Morgan fingerprint density at radius 3 is 3.00 bits per heavy atom. The van der Waals surface area contributed by atoms with Crippen LogP contribution in [0.4, 0.5) is 0 Å². The fraction of sp³-hybridized carbons (Fsp3) is 0.500. The van der Waals surface area contributed by atoms with Crippen LogP contribution in [0.2, 0.25) is 5.02 Å². The lowest BCUT2D eigenvalue weighted by atomic mass is 9.99. The summed E-state index contributed by atoms with van der Waals surface area (Å²) in [5.41, 5.74) is 6.64. The SMILES string of the molecule is CC(CCN)Cc1ccncc1Cl. The Morgan fingerprint density at radius 2 is 2.38 bits per heavy atom. The molecule has 1 aromatic rings. The fourth-order valence-electron chi connectivity index (χ4n) is 1.33. The Morgan fingerprint density at radius 1 is 1.62 bits per heavy atom. The van der Waals surface area contributed by atoms with Crippen LogP contribution < -0.4 is 5.73 Å². The molecule has 0 aromatic carbocycles. The van der Waals surface area contributed by atoms with Gasteiger partial charge in [-0.3, -0.25) is 4.98 Å². The highest BCUT2D eigenvalue weighted by atomic mass is 35.5. The third kappa shape index (κ3) is 3.33. The van der Waals surface area contributed by atoms with Gasteiger partial charge in [-0.1, -0.05) is 18.5 Å². The first-order valence-electron chi connectivity index (χ1n) is 4.52. The van der Waals surface area contributed by atoms with E-state index < -0.39 is 0 Å². The third-order valence-electron chi connectivity index (χ3n) is 2.08. The van der Waals surface area contributed by atoms with Gasteiger partial charge in [-0.15, -0.1) is 0 Å². The van der Waals surface area contributed by atoms with E-state index in [0.29, 0.717) is 5.92 Å². The van der Waals surface area contributed by atoms with E-state index in [4.69, 9.17) is 17.3 Å². The fourth-order valence-corrected chi connectivity index (χ4v) is 1.53. The number of rotatable bonds is 4. The minimum atomic E-state index is 0.588. The van der Waals surface area contributed by atoms with Crippen LogP contribution in [0.15, 0.2) is 18.5 Å². The van der Waals surface area contributed by atoms with E-state index in [1.165, 1.54) is 0 Å². The summed E-state index contributed by atoms with van der Waals surface area (Å²) in [5, 5.41) is 0.756. The van der Waals surface area contributed by atoms with Gasteiger partial charge in [-0.05, 0) is 36.9 Å². The van der Waals surface area contributed by atoms with Crippen LogP contribution in [0.1, 0.15) is 18.9 Å². The lowest BCUT2D eigenvalue weighted by Crippen LogP contribution is -2.08. The van der Waals surface area contributed by atoms with Crippen LogP contribution in [0.3, 0.4) is 0 Å². The Hall–Kier alpha value is -0.600. The molecular weight excluding hydrogens is 184 g/mol. The second-order valence-electron chi connectivity index (χ2n) is 3.35. The average molecular weight is 199 g/mol. The van der Waals surface area contributed by atoms with Gasteiger partial charge in [0, 0.05) is 12.4 Å². The van der Waals surface area contributed by atoms with E-state index in [-0.39, 0.29) is 0 Å². The molecule has 0 saturated heterocycles. The topological polar surface area (TPSA) is 38.9 Å². The van der Waals surface area contributed by atoms with Gasteiger partial charge < -0.3 is 5.73 Å². The van der Waals surface area contributed by atoms with Crippen molar-refractivity contribution >= 4 is 11.6 Å². The normalized spacial score (nSPS) is 12.8. The van der Waals surface area contributed by atoms with Crippen LogP contribution in [-0.2, 0) is 6.42 Å². The molecule has 0 aliphatic rings. The number of halogens is 1. The van der Waals surface area contributed by atoms with Crippen LogP contribution in [0, 0.1) is 5.92 Å². The molecule has 72 valence electrons. The lowest BCUT2D eigenvalue weighted by molar-refractivity contribution is 0.538. The van der Waals surface area contributed by atoms with Crippen LogP contribution in [0.25, 0.3) is 0 Å². The maximum absolute atomic E-state index is 5.97. The third-order valence-corrected chi connectivity index (χ3v) is 2.42. The zero-order chi connectivity index (χ0) is 9.68. The Kier molecular flexibility index (Phi) is 4.19. The van der Waals surface area contributed by atoms with Gasteiger partial charge >= 0.3 is 0 Å². The molecule has 1 aromatic heterocycles. The monoisotopic (exact) mass is 198 g/mol. The maximum Gasteiger partial charge on any atom is 0.0621 e. The van der Waals surface area contributed by atoms with Gasteiger partial charge in [-0.2, -0.15) is 0 Å². The van der Waals surface area contributed by atoms with Crippen LogP contribution in [-0.4, -0.2) is 11.5 Å². The molecule has 13 heavy (non-hydrogen) atoms. The first-order valence-corrected chi connectivity index (χ1v) is 4.90. The van der Waals surface area contributed by atoms with Gasteiger partial charge in [0.25, 0.3) is 0 Å². The quantitative estimate of drug-likeness (QED) is 0.806. The summed E-state index contributed by atoms with van der Waals surface area (Å²) in [7, 11) is 0. The Labute approximate surface area is 84.1 Å². The predicted octanol–water partition coefficient (Wildman–Crippen LogP) is 2.26. The number of nitrogens with zero attached hydrogens (tertiary/aromatic N) is 1. The van der Waals surface area contributed by atoms with Gasteiger partial charge in [-0.25, -0.2) is 0 Å². The van der Waals surface area contributed by atoms with E-state index in [1.54, 1.807) is 12.4 Å². The van der Waals surface area contributed by atoms with Crippen molar-refractivity contribution in [3.05, 3.63) is 29.0 Å². The molecule has 0 aliphatic carbocycles. The van der Waals surface area contributed by atoms with Crippen molar-refractivity contribution in [2.45, 2.75) is 19.8 Å². The average Bonchev–Trinajstić information content (AvgIpc) is 2.09. The molecule has 0 amide bonds. The summed E-state index contributed by atoms with van der Waals surface area (Å²) < 4.78 is 0. The minimum absolute atomic E-state index is 0.588. The first-order chi connectivity index (χ1) is 6.24. The van der Waals surface area contributed by atoms with Crippen molar-refractivity contribution < 1.29 is 0 Å². The summed E-state index contributed by atoms with van der Waals surface area (Å²) in [6.45, 7) is 2.92. The molecule has 1 unspecified atom stereocenters. The van der Waals surface area contributed by atoms with Gasteiger partial charge in [0.1, 0.15) is 0 Å². The highest BCUT2D eigenvalue weighted by molar-refractivity contribution is 6.31. The van der Waals surface area contributed by atoms with Crippen molar-refractivity contribution in [1.82, 2.24) is 4.98 Å². The van der Waals surface area contributed by atoms with E-state index in [2.05, 4.69) is 11.9 Å². The van der Waals surface area contributed by atoms with Gasteiger partial charge in [0.05, 0.1) is 5.02 Å². The minimum Gasteiger partial charge on any atom is -0.330 e. The van der Waals surface area contributed by atoms with E-state index in [9.17, 15) is 0 Å². The Balaban J connectivity index is 2.58. The van der Waals surface area contributed by atoms with E-state index in [0.717, 1.165) is 30.0 Å².